The van der Waals surface area contributed by atoms with Crippen LogP contribution in [-0.4, -0.2) is 39.5 Å². The van der Waals surface area contributed by atoms with Gasteiger partial charge in [-0.3, -0.25) is 0 Å². The number of rotatable bonds is 8. The van der Waals surface area contributed by atoms with Gasteiger partial charge in [-0.15, -0.1) is 0 Å². The lowest BCUT2D eigenvalue weighted by molar-refractivity contribution is 0.125. The second kappa shape index (κ2) is 14.8. The van der Waals surface area contributed by atoms with E-state index in [4.69, 9.17) is 4.98 Å². The summed E-state index contributed by atoms with van der Waals surface area (Å²) < 4.78 is 6.55. The highest BCUT2D eigenvalue weighted by molar-refractivity contribution is 5.89. The highest BCUT2D eigenvalue weighted by Crippen LogP contribution is 2.34. The second-order valence-corrected chi connectivity index (χ2v) is 9.57. The Morgan fingerprint density at radius 1 is 1.08 bits per heavy atom. The third kappa shape index (κ3) is 8.92. The van der Waals surface area contributed by atoms with Gasteiger partial charge in [0.25, 0.3) is 0 Å². The van der Waals surface area contributed by atoms with Crippen LogP contribution < -0.4 is 16.4 Å². The van der Waals surface area contributed by atoms with Gasteiger partial charge in [0.1, 0.15) is 5.82 Å². The third-order valence-electron chi connectivity index (χ3n) is 6.27. The Balaban J connectivity index is 0.000000505. The molecule has 3 aromatic rings. The number of nitrogens with two attached hydrogens (primary N) is 1. The summed E-state index contributed by atoms with van der Waals surface area (Å²) in [7, 11) is 0. The van der Waals surface area contributed by atoms with Crippen molar-refractivity contribution in [1.29, 1.82) is 0 Å². The molecule has 1 aromatic heterocycles. The predicted octanol–water partition coefficient (Wildman–Crippen LogP) is 5.40. The average molecular weight is 522 g/mol. The van der Waals surface area contributed by atoms with Crippen molar-refractivity contribution in [3.8, 4) is 11.3 Å². The summed E-state index contributed by atoms with van der Waals surface area (Å²) in [5, 5.41) is 15.3. The molecule has 1 heterocycles. The molecule has 0 bridgehead atoms. The minimum absolute atomic E-state index is 0.0876. The molecule has 1 aliphatic rings. The molecule has 9 heteroatoms. The van der Waals surface area contributed by atoms with Gasteiger partial charge in [-0.1, -0.05) is 61.7 Å². The van der Waals surface area contributed by atoms with Gasteiger partial charge in [0, 0.05) is 24.7 Å². The van der Waals surface area contributed by atoms with E-state index in [2.05, 4.69) is 25.7 Å². The maximum atomic E-state index is 12.2. The lowest BCUT2D eigenvalue weighted by atomic mass is 9.88. The van der Waals surface area contributed by atoms with Crippen molar-refractivity contribution in [3.63, 3.8) is 0 Å². The standard InChI is InChI=1S/C25H30N4O2.C4H9NO2/c30-16-15-29-23(18-26-24(29)21-9-5-2-6-10-21)20-11-13-22(14-12-20)28-25(31)27-17-19-7-3-1-4-8-19;1-3(2)7-4(5)6/h1,3-4,7-8,11-14,18,21,30H,2,5-6,9-10,15-17H2,(H2,27,28,31);3H,1-2H3,(H2,5,6). The van der Waals surface area contributed by atoms with E-state index in [1.165, 1.54) is 32.1 Å². The molecule has 0 atom stereocenters. The molecule has 3 amide bonds. The molecule has 1 fully saturated rings. The Hall–Kier alpha value is -3.85. The topological polar surface area (TPSA) is 132 Å². The van der Waals surface area contributed by atoms with Crippen molar-refractivity contribution < 1.29 is 19.4 Å². The van der Waals surface area contributed by atoms with Gasteiger partial charge in [0.05, 0.1) is 24.6 Å². The van der Waals surface area contributed by atoms with Crippen LogP contribution in [0.2, 0.25) is 0 Å². The van der Waals surface area contributed by atoms with Crippen LogP contribution in [0.25, 0.3) is 11.3 Å². The molecule has 4 rings (SSSR count). The molecular formula is C29H39N5O4. The molecule has 0 aliphatic heterocycles. The van der Waals surface area contributed by atoms with Crippen LogP contribution in [0.4, 0.5) is 15.3 Å². The average Bonchev–Trinajstić information content (AvgIpc) is 3.32. The summed E-state index contributed by atoms with van der Waals surface area (Å²) >= 11 is 0. The summed E-state index contributed by atoms with van der Waals surface area (Å²) in [6.07, 6.45) is 7.24. The number of anilines is 1. The molecule has 0 saturated heterocycles. The lowest BCUT2D eigenvalue weighted by Crippen LogP contribution is -2.28. The van der Waals surface area contributed by atoms with Crippen molar-refractivity contribution >= 4 is 17.8 Å². The van der Waals surface area contributed by atoms with Gasteiger partial charge < -0.3 is 30.8 Å². The van der Waals surface area contributed by atoms with Crippen molar-refractivity contribution in [2.24, 2.45) is 5.73 Å². The van der Waals surface area contributed by atoms with E-state index >= 15 is 0 Å². The first-order valence-corrected chi connectivity index (χ1v) is 13.2. The number of aromatic nitrogens is 2. The fraction of sp³-hybridized carbons (Fsp3) is 0.414. The number of aliphatic hydroxyl groups excluding tert-OH is 1. The van der Waals surface area contributed by atoms with Gasteiger partial charge in [0.2, 0.25) is 0 Å². The van der Waals surface area contributed by atoms with E-state index in [1.54, 1.807) is 13.8 Å². The fourth-order valence-corrected chi connectivity index (χ4v) is 4.55. The smallest absolute Gasteiger partial charge is 0.404 e. The number of carbonyl (C=O) groups is 2. The number of urea groups is 1. The monoisotopic (exact) mass is 521 g/mol. The van der Waals surface area contributed by atoms with E-state index in [9.17, 15) is 14.7 Å². The van der Waals surface area contributed by atoms with Crippen molar-refractivity contribution in [2.75, 3.05) is 11.9 Å². The fourth-order valence-electron chi connectivity index (χ4n) is 4.55. The normalized spacial score (nSPS) is 13.4. The zero-order valence-electron chi connectivity index (χ0n) is 22.2. The van der Waals surface area contributed by atoms with Crippen LogP contribution in [0.3, 0.4) is 0 Å². The Labute approximate surface area is 224 Å². The minimum Gasteiger partial charge on any atom is -0.447 e. The first kappa shape index (κ1) is 28.7. The summed E-state index contributed by atoms with van der Waals surface area (Å²) in [6, 6.07) is 17.4. The molecule has 0 spiro atoms. The Bertz CT molecular complexity index is 1140. The van der Waals surface area contributed by atoms with Crippen molar-refractivity contribution in [1.82, 2.24) is 14.9 Å². The van der Waals surface area contributed by atoms with E-state index in [0.717, 1.165) is 28.3 Å². The molecule has 1 aliphatic carbocycles. The number of hydrogen-bond acceptors (Lipinski definition) is 5. The molecule has 1 saturated carbocycles. The molecule has 0 unspecified atom stereocenters. The maximum Gasteiger partial charge on any atom is 0.404 e. The van der Waals surface area contributed by atoms with Gasteiger partial charge in [0.15, 0.2) is 0 Å². The second-order valence-electron chi connectivity index (χ2n) is 9.57. The maximum absolute atomic E-state index is 12.2. The van der Waals surface area contributed by atoms with Crippen molar-refractivity contribution in [2.45, 2.75) is 71.1 Å². The molecule has 204 valence electrons. The number of nitrogens with zero attached hydrogens (tertiary/aromatic N) is 2. The molecule has 0 radical (unpaired) electrons. The quantitative estimate of drug-likeness (QED) is 0.315. The SMILES string of the molecule is CC(C)OC(N)=O.O=C(NCc1ccccc1)Nc1ccc(-c2cnc(C3CCCCC3)n2CCO)cc1. The van der Waals surface area contributed by atoms with Gasteiger partial charge >= 0.3 is 12.1 Å². The summed E-state index contributed by atoms with van der Waals surface area (Å²) in [6.45, 7) is 4.60. The van der Waals surface area contributed by atoms with E-state index < -0.39 is 6.09 Å². The number of ether oxygens (including phenoxy) is 1. The number of carbonyl (C=O) groups excluding carboxylic acids is 2. The first-order chi connectivity index (χ1) is 18.4. The zero-order valence-corrected chi connectivity index (χ0v) is 22.2. The molecular weight excluding hydrogens is 482 g/mol. The molecule has 2 aromatic carbocycles. The molecule has 5 N–H and O–H groups in total. The Kier molecular flexibility index (Phi) is 11.2. The molecule has 9 nitrogen and oxygen atoms in total. The predicted molar refractivity (Wildman–Crippen MR) is 149 cm³/mol. The van der Waals surface area contributed by atoms with Crippen LogP contribution in [0, 0.1) is 0 Å². The van der Waals surface area contributed by atoms with Crippen LogP contribution in [0.15, 0.2) is 60.8 Å². The number of imidazole rings is 1. The van der Waals surface area contributed by atoms with Crippen molar-refractivity contribution in [3.05, 3.63) is 72.2 Å². The van der Waals surface area contributed by atoms with E-state index in [-0.39, 0.29) is 18.7 Å². The lowest BCUT2D eigenvalue weighted by Gasteiger charge is -2.22. The highest BCUT2D eigenvalue weighted by atomic mass is 16.6. The third-order valence-corrected chi connectivity index (χ3v) is 6.27. The summed E-state index contributed by atoms with van der Waals surface area (Å²) in [4.78, 5) is 26.7. The Morgan fingerprint density at radius 3 is 2.34 bits per heavy atom. The van der Waals surface area contributed by atoms with Gasteiger partial charge in [-0.05, 0) is 49.9 Å². The largest absolute Gasteiger partial charge is 0.447 e. The number of benzene rings is 2. The summed E-state index contributed by atoms with van der Waals surface area (Å²) in [5.74, 6) is 1.56. The van der Waals surface area contributed by atoms with Gasteiger partial charge in [-0.25, -0.2) is 14.6 Å². The summed E-state index contributed by atoms with van der Waals surface area (Å²) in [5.41, 5.74) is 8.45. The van der Waals surface area contributed by atoms with Crippen LogP contribution in [-0.2, 0) is 17.8 Å². The van der Waals surface area contributed by atoms with E-state index in [0.29, 0.717) is 19.0 Å². The van der Waals surface area contributed by atoms with Gasteiger partial charge in [-0.2, -0.15) is 0 Å². The Morgan fingerprint density at radius 2 is 1.76 bits per heavy atom. The number of aliphatic hydroxyl groups is 1. The van der Waals surface area contributed by atoms with E-state index in [1.807, 2.05) is 60.8 Å². The number of nitrogens with one attached hydrogen (secondary N) is 2. The zero-order chi connectivity index (χ0) is 27.3. The van der Waals surface area contributed by atoms with Crippen LogP contribution >= 0.6 is 0 Å². The van der Waals surface area contributed by atoms with Crippen LogP contribution in [0.5, 0.6) is 0 Å². The highest BCUT2D eigenvalue weighted by Gasteiger charge is 2.22. The number of amides is 3. The first-order valence-electron chi connectivity index (χ1n) is 13.2. The number of hydrogen-bond donors (Lipinski definition) is 4. The van der Waals surface area contributed by atoms with Crippen LogP contribution in [0.1, 0.15) is 63.3 Å². The number of primary amides is 1. The molecule has 38 heavy (non-hydrogen) atoms. The minimum atomic E-state index is -0.713.